The van der Waals surface area contributed by atoms with Crippen molar-refractivity contribution in [2.24, 2.45) is 0 Å². The molecule has 0 radical (unpaired) electrons. The number of nitrogens with one attached hydrogen (secondary N) is 1. The molecule has 3 aromatic carbocycles. The first-order valence-electron chi connectivity index (χ1n) is 22.8. The molecule has 62 heavy (non-hydrogen) atoms. The molecule has 1 fully saturated rings. The largest absolute Gasteiger partial charge is 0.456 e. The van der Waals surface area contributed by atoms with Crippen LogP contribution in [0.15, 0.2) is 30.3 Å². The van der Waals surface area contributed by atoms with Crippen molar-refractivity contribution < 1.29 is 43.5 Å². The van der Waals surface area contributed by atoms with Gasteiger partial charge in [0.05, 0.1) is 12.2 Å². The highest BCUT2D eigenvalue weighted by molar-refractivity contribution is 6.02. The summed E-state index contributed by atoms with van der Waals surface area (Å²) in [6.45, 7) is 9.50. The van der Waals surface area contributed by atoms with Crippen molar-refractivity contribution in [2.75, 3.05) is 49.1 Å². The van der Waals surface area contributed by atoms with Gasteiger partial charge in [0.25, 0.3) is 17.7 Å². The molecule has 7 heterocycles. The Kier molecular flexibility index (Phi) is 11.5. The lowest BCUT2D eigenvalue weighted by Crippen LogP contribution is -2.40. The first-order valence-corrected chi connectivity index (χ1v) is 22.8. The maximum Gasteiger partial charge on any atom is 0.340 e. The molecule has 4 amide bonds. The van der Waals surface area contributed by atoms with Gasteiger partial charge < -0.3 is 24.6 Å². The van der Waals surface area contributed by atoms with Gasteiger partial charge in [-0.25, -0.2) is 9.86 Å². The molecule has 3 aromatic rings. The SMILES string of the molecule is CC.CC(=O)N(O)CCCC[C@@H](CCON1C(=O)CCC1=O)NC(=O)c1ccc2c(c1)C(=O)OC21c2cc3c4c(c2Oc2c1cc1c5c2CCCN5CCC1)CCCN4CCC3. The second kappa shape index (κ2) is 17.0. The van der Waals surface area contributed by atoms with E-state index < -0.39 is 41.2 Å². The van der Waals surface area contributed by atoms with Crippen LogP contribution in [0.4, 0.5) is 11.4 Å². The van der Waals surface area contributed by atoms with E-state index in [9.17, 15) is 29.2 Å². The number of amides is 4. The van der Waals surface area contributed by atoms with E-state index in [0.717, 1.165) is 105 Å². The Bertz CT molecular complexity index is 2240. The molecular formula is C48H57N5O9. The van der Waals surface area contributed by atoms with Gasteiger partial charge in [0, 0.05) is 103 Å². The van der Waals surface area contributed by atoms with Gasteiger partial charge in [-0.15, -0.1) is 0 Å². The van der Waals surface area contributed by atoms with Gasteiger partial charge in [0.15, 0.2) is 5.60 Å². The number of unbranched alkanes of at least 4 members (excludes halogenated alkanes) is 1. The molecule has 14 nitrogen and oxygen atoms in total. The zero-order valence-electron chi connectivity index (χ0n) is 36.1. The van der Waals surface area contributed by atoms with Crippen LogP contribution in [0, 0.1) is 0 Å². The standard InChI is InChI=1S/C46H51N5O9.C2H6/c1-27(52)50(57)22-3-2-10-31(17-23-58-51-38(53)15-16-39(51)54)47-44(55)30-13-14-35-34(24-30)45(56)60-46(35)36-25-28-8-4-18-48-20-6-11-32(40(28)48)42(36)59-43-33-12-7-21-49-19-5-9-29(41(33)49)26-37(43)46;1-2/h13-14,24-26,31,57H,2-12,15-23H2,1H3,(H,47,55);1-2H3/t31-;/m0./s1. The number of hydroxylamine groups is 4. The zero-order chi connectivity index (χ0) is 43.3. The van der Waals surface area contributed by atoms with E-state index in [1.54, 1.807) is 12.1 Å². The molecule has 0 unspecified atom stereocenters. The first-order chi connectivity index (χ1) is 30.1. The van der Waals surface area contributed by atoms with Gasteiger partial charge in [-0.05, 0) is 112 Å². The molecule has 1 atom stereocenters. The number of fused-ring (bicyclic) bond motifs is 8. The van der Waals surface area contributed by atoms with Gasteiger partial charge >= 0.3 is 5.97 Å². The van der Waals surface area contributed by atoms with Crippen LogP contribution in [0.5, 0.6) is 11.5 Å². The van der Waals surface area contributed by atoms with Crippen molar-refractivity contribution in [3.05, 3.63) is 80.4 Å². The number of imide groups is 1. The lowest BCUT2D eigenvalue weighted by atomic mass is 9.72. The van der Waals surface area contributed by atoms with E-state index in [-0.39, 0.29) is 38.0 Å². The Labute approximate surface area is 362 Å². The van der Waals surface area contributed by atoms with Crippen molar-refractivity contribution in [1.29, 1.82) is 0 Å². The monoisotopic (exact) mass is 847 g/mol. The van der Waals surface area contributed by atoms with Crippen molar-refractivity contribution in [3.8, 4) is 11.5 Å². The summed E-state index contributed by atoms with van der Waals surface area (Å²) in [5.41, 5.74) is 9.23. The van der Waals surface area contributed by atoms with Crippen molar-refractivity contribution in [3.63, 3.8) is 0 Å². The number of hydrogen-bond donors (Lipinski definition) is 2. The van der Waals surface area contributed by atoms with Gasteiger partial charge in [-0.1, -0.05) is 19.9 Å². The van der Waals surface area contributed by atoms with Crippen LogP contribution in [-0.2, 0) is 55.2 Å². The third-order valence-electron chi connectivity index (χ3n) is 13.6. The summed E-state index contributed by atoms with van der Waals surface area (Å²) < 4.78 is 14.0. The Balaban J connectivity index is 0.00000242. The lowest BCUT2D eigenvalue weighted by Gasteiger charge is -2.45. The van der Waals surface area contributed by atoms with Crippen LogP contribution in [0.25, 0.3) is 0 Å². The zero-order valence-corrected chi connectivity index (χ0v) is 36.1. The van der Waals surface area contributed by atoms with Crippen LogP contribution in [0.1, 0.15) is 145 Å². The van der Waals surface area contributed by atoms with Crippen LogP contribution < -0.4 is 19.9 Å². The minimum atomic E-state index is -1.26. The topological polar surface area (TPSA) is 158 Å². The summed E-state index contributed by atoms with van der Waals surface area (Å²) in [4.78, 5) is 74.9. The van der Waals surface area contributed by atoms with Gasteiger partial charge in [-0.2, -0.15) is 5.06 Å². The maximum atomic E-state index is 14.4. The minimum Gasteiger partial charge on any atom is -0.456 e. The third-order valence-corrected chi connectivity index (χ3v) is 13.6. The van der Waals surface area contributed by atoms with Crippen molar-refractivity contribution in [1.82, 2.24) is 15.4 Å². The van der Waals surface area contributed by atoms with E-state index in [1.165, 1.54) is 40.6 Å². The highest BCUT2D eigenvalue weighted by Crippen LogP contribution is 2.62. The molecule has 7 aliphatic rings. The summed E-state index contributed by atoms with van der Waals surface area (Å²) in [5.74, 6) is -0.547. The molecule has 14 heteroatoms. The molecule has 1 saturated heterocycles. The van der Waals surface area contributed by atoms with Gasteiger partial charge in [0.1, 0.15) is 11.5 Å². The van der Waals surface area contributed by atoms with E-state index in [1.807, 2.05) is 19.9 Å². The molecule has 1 spiro atoms. The number of carbonyl (C=O) groups excluding carboxylic acids is 5. The number of anilines is 2. The average Bonchev–Trinajstić information content (AvgIpc) is 3.77. The number of esters is 1. The van der Waals surface area contributed by atoms with E-state index >= 15 is 0 Å². The van der Waals surface area contributed by atoms with Crippen LogP contribution in [0.2, 0.25) is 0 Å². The minimum absolute atomic E-state index is 0.00875. The third kappa shape index (κ3) is 7.08. The predicted octanol–water partition coefficient (Wildman–Crippen LogP) is 6.66. The number of carbonyl (C=O) groups is 5. The summed E-state index contributed by atoms with van der Waals surface area (Å²) in [6.07, 6.45) is 9.78. The van der Waals surface area contributed by atoms with E-state index in [0.29, 0.717) is 35.5 Å². The molecule has 2 N–H and O–H groups in total. The van der Waals surface area contributed by atoms with E-state index in [4.69, 9.17) is 14.3 Å². The Morgan fingerprint density at radius 3 is 1.95 bits per heavy atom. The second-order valence-electron chi connectivity index (χ2n) is 17.3. The Hall–Kier alpha value is -5.47. The number of rotatable bonds is 11. The molecule has 328 valence electrons. The molecule has 0 aliphatic carbocycles. The van der Waals surface area contributed by atoms with Crippen LogP contribution >= 0.6 is 0 Å². The van der Waals surface area contributed by atoms with E-state index in [2.05, 4.69) is 27.2 Å². The first kappa shape index (κ1) is 41.9. The quantitative estimate of drug-likeness (QED) is 0.0700. The maximum absolute atomic E-state index is 14.4. The molecule has 0 saturated carbocycles. The van der Waals surface area contributed by atoms with Crippen LogP contribution in [-0.4, -0.2) is 90.3 Å². The number of aryl methyl sites for hydroxylation is 2. The summed E-state index contributed by atoms with van der Waals surface area (Å²) in [6, 6.07) is 9.29. The summed E-state index contributed by atoms with van der Waals surface area (Å²) in [7, 11) is 0. The lowest BCUT2D eigenvalue weighted by molar-refractivity contribution is -0.188. The van der Waals surface area contributed by atoms with Gasteiger partial charge in [0.2, 0.25) is 5.91 Å². The number of nitrogens with zero attached hydrogens (tertiary/aromatic N) is 4. The highest BCUT2D eigenvalue weighted by atomic mass is 16.7. The summed E-state index contributed by atoms with van der Waals surface area (Å²) >= 11 is 0. The van der Waals surface area contributed by atoms with Gasteiger partial charge in [-0.3, -0.25) is 29.2 Å². The number of ether oxygens (including phenoxy) is 2. The number of benzene rings is 3. The fourth-order valence-electron chi connectivity index (χ4n) is 10.8. The molecular weight excluding hydrogens is 791 g/mol. The molecule has 0 bridgehead atoms. The Morgan fingerprint density at radius 2 is 1.37 bits per heavy atom. The number of hydrogen-bond acceptors (Lipinski definition) is 11. The smallest absolute Gasteiger partial charge is 0.340 e. The predicted molar refractivity (Wildman–Crippen MR) is 230 cm³/mol. The highest BCUT2D eigenvalue weighted by Gasteiger charge is 2.56. The summed E-state index contributed by atoms with van der Waals surface area (Å²) in [5, 5.41) is 14.4. The second-order valence-corrected chi connectivity index (χ2v) is 17.3. The molecule has 10 rings (SSSR count). The van der Waals surface area contributed by atoms with Crippen LogP contribution in [0.3, 0.4) is 0 Å². The normalized spacial score (nSPS) is 19.0. The molecule has 7 aliphatic heterocycles. The van der Waals surface area contributed by atoms with Crippen molar-refractivity contribution >= 4 is 41.0 Å². The fraction of sp³-hybridized carbons (Fsp3) is 0.521. The Morgan fingerprint density at radius 1 is 0.790 bits per heavy atom. The van der Waals surface area contributed by atoms with Crippen molar-refractivity contribution in [2.45, 2.75) is 122 Å². The fourth-order valence-corrected chi connectivity index (χ4v) is 10.8. The average molecular weight is 848 g/mol. The molecule has 0 aromatic heterocycles.